The molecule has 1 fully saturated rings. The van der Waals surface area contributed by atoms with Gasteiger partial charge in [-0.25, -0.2) is 14.6 Å². The first-order valence-electron chi connectivity index (χ1n) is 6.71. The van der Waals surface area contributed by atoms with Crippen LogP contribution in [0.3, 0.4) is 0 Å². The van der Waals surface area contributed by atoms with E-state index in [-0.39, 0.29) is 6.61 Å². The van der Waals surface area contributed by atoms with Gasteiger partial charge in [-0.05, 0) is 5.75 Å². The molecule has 0 aliphatic carbocycles. The molecular formula is C12H17N5O3S. The van der Waals surface area contributed by atoms with Gasteiger partial charge in [-0.1, -0.05) is 6.92 Å². The topological polar surface area (TPSA) is 119 Å². The molecule has 21 heavy (non-hydrogen) atoms. The van der Waals surface area contributed by atoms with E-state index < -0.39 is 18.4 Å². The summed E-state index contributed by atoms with van der Waals surface area (Å²) in [7, 11) is 0. The number of nitrogens with two attached hydrogens (primary N) is 1. The molecule has 0 bridgehead atoms. The third-order valence-corrected chi connectivity index (χ3v) is 4.27. The number of aliphatic hydroxyl groups is 2. The van der Waals surface area contributed by atoms with Crippen molar-refractivity contribution >= 4 is 28.6 Å². The SMILES string of the molecule is CCSc1nn([C@H]2C[C@H](O)[C@@H](CO)O2)c2ncnc(N)c12. The fourth-order valence-electron chi connectivity index (χ4n) is 2.43. The van der Waals surface area contributed by atoms with Gasteiger partial charge in [0.1, 0.15) is 23.3 Å². The van der Waals surface area contributed by atoms with Crippen LogP contribution in [0.15, 0.2) is 11.4 Å². The van der Waals surface area contributed by atoms with Crippen LogP contribution < -0.4 is 5.73 Å². The molecule has 2 aromatic rings. The Morgan fingerprint density at radius 1 is 1.52 bits per heavy atom. The Hall–Kier alpha value is -1.42. The molecule has 9 heteroatoms. The third kappa shape index (κ3) is 2.46. The van der Waals surface area contributed by atoms with Crippen molar-refractivity contribution in [3.05, 3.63) is 6.33 Å². The predicted molar refractivity (Wildman–Crippen MR) is 77.8 cm³/mol. The molecule has 0 aromatic carbocycles. The molecule has 0 spiro atoms. The Morgan fingerprint density at radius 2 is 2.33 bits per heavy atom. The number of aromatic nitrogens is 4. The second-order valence-corrected chi connectivity index (χ2v) is 6.01. The zero-order chi connectivity index (χ0) is 15.0. The predicted octanol–water partition coefficient (Wildman–Crippen LogP) is 0.161. The first kappa shape index (κ1) is 14.5. The van der Waals surface area contributed by atoms with Crippen LogP contribution in [0.4, 0.5) is 5.82 Å². The zero-order valence-corrected chi connectivity index (χ0v) is 12.3. The van der Waals surface area contributed by atoms with Gasteiger partial charge in [0.25, 0.3) is 0 Å². The van der Waals surface area contributed by atoms with Crippen LogP contribution in [-0.2, 0) is 4.74 Å². The average Bonchev–Trinajstić information content (AvgIpc) is 3.01. The van der Waals surface area contributed by atoms with E-state index in [0.29, 0.717) is 23.3 Å². The van der Waals surface area contributed by atoms with E-state index in [1.54, 1.807) is 16.4 Å². The fraction of sp³-hybridized carbons (Fsp3) is 0.583. The molecule has 0 amide bonds. The van der Waals surface area contributed by atoms with Crippen LogP contribution in [0.2, 0.25) is 0 Å². The minimum Gasteiger partial charge on any atom is -0.394 e. The summed E-state index contributed by atoms with van der Waals surface area (Å²) in [5.74, 6) is 1.22. The van der Waals surface area contributed by atoms with Gasteiger partial charge in [-0.3, -0.25) is 0 Å². The second kappa shape index (κ2) is 5.76. The smallest absolute Gasteiger partial charge is 0.167 e. The van der Waals surface area contributed by atoms with Crippen molar-refractivity contribution in [2.75, 3.05) is 18.1 Å². The highest BCUT2D eigenvalue weighted by atomic mass is 32.2. The molecule has 0 radical (unpaired) electrons. The molecule has 4 N–H and O–H groups in total. The van der Waals surface area contributed by atoms with Crippen LogP contribution in [0, 0.1) is 0 Å². The lowest BCUT2D eigenvalue weighted by molar-refractivity contribution is -0.0473. The van der Waals surface area contributed by atoms with Crippen LogP contribution >= 0.6 is 11.8 Å². The Morgan fingerprint density at radius 3 is 3.00 bits per heavy atom. The summed E-state index contributed by atoms with van der Waals surface area (Å²) >= 11 is 1.55. The highest BCUT2D eigenvalue weighted by Gasteiger charge is 2.36. The first-order chi connectivity index (χ1) is 10.2. The maximum Gasteiger partial charge on any atom is 0.167 e. The first-order valence-corrected chi connectivity index (χ1v) is 7.70. The lowest BCUT2D eigenvalue weighted by atomic mass is 10.2. The van der Waals surface area contributed by atoms with Crippen molar-refractivity contribution in [2.24, 2.45) is 0 Å². The van der Waals surface area contributed by atoms with Crippen molar-refractivity contribution in [1.82, 2.24) is 19.7 Å². The molecule has 8 nitrogen and oxygen atoms in total. The standard InChI is InChI=1S/C12H17N5O3S/c1-2-21-12-9-10(13)14-5-15-11(9)17(16-12)8-3-6(19)7(4-18)20-8/h5-8,18-19H,2-4H2,1H3,(H2,13,14,15)/t6-,7+,8+/m0/s1. The molecule has 3 heterocycles. The lowest BCUT2D eigenvalue weighted by Crippen LogP contribution is -2.24. The Bertz CT molecular complexity index is 649. The summed E-state index contributed by atoms with van der Waals surface area (Å²) in [6.45, 7) is 1.79. The summed E-state index contributed by atoms with van der Waals surface area (Å²) < 4.78 is 7.25. The van der Waals surface area contributed by atoms with Gasteiger partial charge in [0.2, 0.25) is 0 Å². The number of aliphatic hydroxyl groups excluding tert-OH is 2. The molecule has 1 saturated heterocycles. The van der Waals surface area contributed by atoms with E-state index in [0.717, 1.165) is 10.8 Å². The van der Waals surface area contributed by atoms with Crippen molar-refractivity contribution in [2.45, 2.75) is 36.8 Å². The maximum absolute atomic E-state index is 9.87. The molecule has 3 rings (SSSR count). The third-order valence-electron chi connectivity index (χ3n) is 3.42. The van der Waals surface area contributed by atoms with E-state index >= 15 is 0 Å². The molecule has 1 aliphatic rings. The lowest BCUT2D eigenvalue weighted by Gasteiger charge is -2.12. The molecule has 0 unspecified atom stereocenters. The number of thioether (sulfide) groups is 1. The molecule has 0 saturated carbocycles. The average molecular weight is 311 g/mol. The van der Waals surface area contributed by atoms with Crippen molar-refractivity contribution in [3.8, 4) is 0 Å². The van der Waals surface area contributed by atoms with Gasteiger partial charge in [0, 0.05) is 6.42 Å². The van der Waals surface area contributed by atoms with Crippen molar-refractivity contribution in [1.29, 1.82) is 0 Å². The number of hydrogen-bond donors (Lipinski definition) is 3. The molecule has 2 aromatic heterocycles. The molecule has 114 valence electrons. The van der Waals surface area contributed by atoms with E-state index in [1.165, 1.54) is 6.33 Å². The van der Waals surface area contributed by atoms with E-state index in [1.807, 2.05) is 6.92 Å². The molecule has 1 aliphatic heterocycles. The number of anilines is 1. The second-order valence-electron chi connectivity index (χ2n) is 4.76. The molecule has 3 atom stereocenters. The summed E-state index contributed by atoms with van der Waals surface area (Å²) in [6, 6.07) is 0. The summed E-state index contributed by atoms with van der Waals surface area (Å²) in [5.41, 5.74) is 6.51. The summed E-state index contributed by atoms with van der Waals surface area (Å²) in [5, 5.41) is 25.0. The number of hydrogen-bond acceptors (Lipinski definition) is 8. The van der Waals surface area contributed by atoms with E-state index in [4.69, 9.17) is 10.5 Å². The van der Waals surface area contributed by atoms with Crippen LogP contribution in [0.25, 0.3) is 11.0 Å². The number of fused-ring (bicyclic) bond motifs is 1. The largest absolute Gasteiger partial charge is 0.394 e. The van der Waals surface area contributed by atoms with E-state index in [2.05, 4.69) is 15.1 Å². The van der Waals surface area contributed by atoms with Crippen LogP contribution in [0.5, 0.6) is 0 Å². The van der Waals surface area contributed by atoms with Crippen molar-refractivity contribution in [3.63, 3.8) is 0 Å². The fourth-order valence-corrected chi connectivity index (χ4v) is 3.19. The van der Waals surface area contributed by atoms with Gasteiger partial charge in [-0.15, -0.1) is 11.8 Å². The normalized spacial score (nSPS) is 25.8. The maximum atomic E-state index is 9.87. The molecular weight excluding hydrogens is 294 g/mol. The Balaban J connectivity index is 2.05. The zero-order valence-electron chi connectivity index (χ0n) is 11.5. The minimum atomic E-state index is -0.722. The highest BCUT2D eigenvalue weighted by Crippen LogP contribution is 2.35. The highest BCUT2D eigenvalue weighted by molar-refractivity contribution is 7.99. The number of ether oxygens (including phenoxy) is 1. The number of nitrogens with zero attached hydrogens (tertiary/aromatic N) is 4. The Kier molecular flexibility index (Phi) is 3.98. The van der Waals surface area contributed by atoms with Gasteiger partial charge < -0.3 is 20.7 Å². The monoisotopic (exact) mass is 311 g/mol. The van der Waals surface area contributed by atoms with Gasteiger partial charge >= 0.3 is 0 Å². The Labute approximate surface area is 125 Å². The van der Waals surface area contributed by atoms with Gasteiger partial charge in [0.15, 0.2) is 11.9 Å². The summed E-state index contributed by atoms with van der Waals surface area (Å²) in [6.07, 6.45) is -0.0654. The summed E-state index contributed by atoms with van der Waals surface area (Å²) in [4.78, 5) is 8.24. The quantitative estimate of drug-likeness (QED) is 0.683. The van der Waals surface area contributed by atoms with Gasteiger partial charge in [0.05, 0.1) is 18.1 Å². The van der Waals surface area contributed by atoms with Crippen LogP contribution in [-0.4, -0.2) is 54.5 Å². The van der Waals surface area contributed by atoms with Crippen molar-refractivity contribution < 1.29 is 14.9 Å². The van der Waals surface area contributed by atoms with E-state index in [9.17, 15) is 10.2 Å². The number of nitrogen functional groups attached to an aromatic ring is 1. The van der Waals surface area contributed by atoms with Crippen LogP contribution in [0.1, 0.15) is 19.6 Å². The number of rotatable bonds is 4. The van der Waals surface area contributed by atoms with Gasteiger partial charge in [-0.2, -0.15) is 5.10 Å². The minimum absolute atomic E-state index is 0.232.